The zero-order valence-corrected chi connectivity index (χ0v) is 7.75. The van der Waals surface area contributed by atoms with Gasteiger partial charge in [0.1, 0.15) is 0 Å². The van der Waals surface area contributed by atoms with E-state index in [0.717, 1.165) is 32.6 Å². The fourth-order valence-corrected chi connectivity index (χ4v) is 1.40. The van der Waals surface area contributed by atoms with Gasteiger partial charge in [-0.1, -0.05) is 6.58 Å². The summed E-state index contributed by atoms with van der Waals surface area (Å²) in [6.07, 6.45) is 1.08. The van der Waals surface area contributed by atoms with E-state index < -0.39 is 5.97 Å². The Balaban J connectivity index is 2.33. The predicted molar refractivity (Wildman–Crippen MR) is 50.7 cm³/mol. The van der Waals surface area contributed by atoms with Crippen molar-refractivity contribution in [3.63, 3.8) is 0 Å². The van der Waals surface area contributed by atoms with Gasteiger partial charge in [-0.05, 0) is 19.5 Å². The summed E-state index contributed by atoms with van der Waals surface area (Å²) >= 11 is 0. The van der Waals surface area contributed by atoms with Crippen molar-refractivity contribution in [3.05, 3.63) is 12.2 Å². The minimum atomic E-state index is -0.891. The van der Waals surface area contributed by atoms with Gasteiger partial charge < -0.3 is 10.4 Å². The molecule has 0 aromatic carbocycles. The van der Waals surface area contributed by atoms with Gasteiger partial charge in [-0.3, -0.25) is 4.90 Å². The molecule has 0 spiro atoms. The van der Waals surface area contributed by atoms with Gasteiger partial charge in [-0.15, -0.1) is 0 Å². The normalized spacial score (nSPS) is 19.4. The van der Waals surface area contributed by atoms with Crippen LogP contribution < -0.4 is 5.32 Å². The van der Waals surface area contributed by atoms with Gasteiger partial charge in [-0.25, -0.2) is 4.79 Å². The Morgan fingerprint density at radius 2 is 2.23 bits per heavy atom. The first-order chi connectivity index (χ1) is 6.20. The van der Waals surface area contributed by atoms with Crippen molar-refractivity contribution in [2.24, 2.45) is 0 Å². The van der Waals surface area contributed by atoms with Gasteiger partial charge in [-0.2, -0.15) is 0 Å². The lowest BCUT2D eigenvalue weighted by Crippen LogP contribution is -2.31. The quantitative estimate of drug-likeness (QED) is 0.602. The van der Waals surface area contributed by atoms with Gasteiger partial charge >= 0.3 is 5.97 Å². The van der Waals surface area contributed by atoms with Crippen LogP contribution in [-0.4, -0.2) is 48.7 Å². The first kappa shape index (κ1) is 10.2. The van der Waals surface area contributed by atoms with Crippen LogP contribution in [0.4, 0.5) is 0 Å². The first-order valence-corrected chi connectivity index (χ1v) is 4.54. The molecule has 1 saturated heterocycles. The largest absolute Gasteiger partial charge is 0.478 e. The van der Waals surface area contributed by atoms with Crippen LogP contribution in [-0.2, 0) is 4.79 Å². The SMILES string of the molecule is C=C(CN1CCCNCC1)C(=O)O. The molecule has 1 heterocycles. The summed E-state index contributed by atoms with van der Waals surface area (Å²) in [6, 6.07) is 0. The van der Waals surface area contributed by atoms with Gasteiger partial charge in [0.2, 0.25) is 0 Å². The van der Waals surface area contributed by atoms with Crippen molar-refractivity contribution in [1.29, 1.82) is 0 Å². The lowest BCUT2D eigenvalue weighted by Gasteiger charge is -2.18. The summed E-state index contributed by atoms with van der Waals surface area (Å²) < 4.78 is 0. The fourth-order valence-electron chi connectivity index (χ4n) is 1.40. The van der Waals surface area contributed by atoms with Gasteiger partial charge in [0, 0.05) is 25.2 Å². The smallest absolute Gasteiger partial charge is 0.332 e. The van der Waals surface area contributed by atoms with Crippen LogP contribution in [0.3, 0.4) is 0 Å². The van der Waals surface area contributed by atoms with Crippen molar-refractivity contribution in [3.8, 4) is 0 Å². The molecule has 1 aliphatic rings. The number of carboxylic acid groups (broad SMARTS) is 1. The maximum atomic E-state index is 10.5. The Bertz CT molecular complexity index is 196. The molecule has 0 unspecified atom stereocenters. The summed E-state index contributed by atoms with van der Waals surface area (Å²) in [5, 5.41) is 11.9. The molecule has 1 fully saturated rings. The Kier molecular flexibility index (Phi) is 3.92. The van der Waals surface area contributed by atoms with Crippen LogP contribution in [0.15, 0.2) is 12.2 Å². The highest BCUT2D eigenvalue weighted by Crippen LogP contribution is 2.00. The molecular weight excluding hydrogens is 168 g/mol. The Morgan fingerprint density at radius 1 is 1.46 bits per heavy atom. The number of rotatable bonds is 3. The Labute approximate surface area is 78.2 Å². The molecule has 0 aliphatic carbocycles. The predicted octanol–water partition coefficient (Wildman–Crippen LogP) is -0.0775. The molecule has 74 valence electrons. The molecule has 1 rings (SSSR count). The number of hydrogen-bond donors (Lipinski definition) is 2. The molecule has 0 radical (unpaired) electrons. The Morgan fingerprint density at radius 3 is 2.92 bits per heavy atom. The van der Waals surface area contributed by atoms with E-state index in [0.29, 0.717) is 6.54 Å². The summed E-state index contributed by atoms with van der Waals surface area (Å²) in [7, 11) is 0. The minimum absolute atomic E-state index is 0.280. The molecule has 0 aromatic rings. The number of carbonyl (C=O) groups is 1. The molecule has 0 aromatic heterocycles. The summed E-state index contributed by atoms with van der Waals surface area (Å²) in [5.74, 6) is -0.891. The van der Waals surface area contributed by atoms with Crippen molar-refractivity contribution >= 4 is 5.97 Å². The molecule has 0 amide bonds. The standard InChI is InChI=1S/C9H16N2O2/c1-8(9(12)13)7-11-5-2-3-10-4-6-11/h10H,1-7H2,(H,12,13). The average Bonchev–Trinajstić information content (AvgIpc) is 2.32. The highest BCUT2D eigenvalue weighted by atomic mass is 16.4. The van der Waals surface area contributed by atoms with Gasteiger partial charge in [0.15, 0.2) is 0 Å². The topological polar surface area (TPSA) is 52.6 Å². The molecular formula is C9H16N2O2. The second-order valence-electron chi connectivity index (χ2n) is 3.29. The number of nitrogens with zero attached hydrogens (tertiary/aromatic N) is 1. The number of nitrogens with one attached hydrogen (secondary N) is 1. The highest BCUT2D eigenvalue weighted by molar-refractivity contribution is 5.86. The molecule has 0 atom stereocenters. The summed E-state index contributed by atoms with van der Waals surface area (Å²) in [6.45, 7) is 7.83. The lowest BCUT2D eigenvalue weighted by atomic mass is 10.2. The van der Waals surface area contributed by atoms with Crippen LogP contribution in [0.1, 0.15) is 6.42 Å². The number of hydrogen-bond acceptors (Lipinski definition) is 3. The van der Waals surface area contributed by atoms with Crippen LogP contribution in [0.5, 0.6) is 0 Å². The first-order valence-electron chi connectivity index (χ1n) is 4.54. The van der Waals surface area contributed by atoms with Crippen LogP contribution in [0, 0.1) is 0 Å². The Hall–Kier alpha value is -0.870. The van der Waals surface area contributed by atoms with Crippen molar-refractivity contribution < 1.29 is 9.90 Å². The fraction of sp³-hybridized carbons (Fsp3) is 0.667. The third kappa shape index (κ3) is 3.57. The molecule has 0 saturated carbocycles. The van der Waals surface area contributed by atoms with E-state index in [2.05, 4.69) is 16.8 Å². The molecule has 0 bridgehead atoms. The van der Waals surface area contributed by atoms with E-state index in [9.17, 15) is 4.79 Å². The van der Waals surface area contributed by atoms with Crippen LogP contribution in [0.25, 0.3) is 0 Å². The van der Waals surface area contributed by atoms with Crippen molar-refractivity contribution in [2.45, 2.75) is 6.42 Å². The molecule has 4 nitrogen and oxygen atoms in total. The molecule has 1 aliphatic heterocycles. The van der Waals surface area contributed by atoms with Crippen LogP contribution in [0.2, 0.25) is 0 Å². The maximum absolute atomic E-state index is 10.5. The number of carboxylic acids is 1. The lowest BCUT2D eigenvalue weighted by molar-refractivity contribution is -0.132. The van der Waals surface area contributed by atoms with E-state index >= 15 is 0 Å². The second kappa shape index (κ2) is 4.99. The van der Waals surface area contributed by atoms with E-state index in [1.54, 1.807) is 0 Å². The van der Waals surface area contributed by atoms with Crippen LogP contribution >= 0.6 is 0 Å². The third-order valence-corrected chi connectivity index (χ3v) is 2.15. The average molecular weight is 184 g/mol. The van der Waals surface area contributed by atoms with Crippen molar-refractivity contribution in [1.82, 2.24) is 10.2 Å². The van der Waals surface area contributed by atoms with E-state index in [4.69, 9.17) is 5.11 Å². The zero-order chi connectivity index (χ0) is 9.68. The zero-order valence-electron chi connectivity index (χ0n) is 7.75. The van der Waals surface area contributed by atoms with Gasteiger partial charge in [0.05, 0.1) is 0 Å². The highest BCUT2D eigenvalue weighted by Gasteiger charge is 2.12. The van der Waals surface area contributed by atoms with E-state index in [-0.39, 0.29) is 5.57 Å². The third-order valence-electron chi connectivity index (χ3n) is 2.15. The monoisotopic (exact) mass is 184 g/mol. The van der Waals surface area contributed by atoms with E-state index in [1.807, 2.05) is 0 Å². The summed E-state index contributed by atoms with van der Waals surface area (Å²) in [5.41, 5.74) is 0.280. The van der Waals surface area contributed by atoms with E-state index in [1.165, 1.54) is 0 Å². The van der Waals surface area contributed by atoms with Gasteiger partial charge in [0.25, 0.3) is 0 Å². The molecule has 13 heavy (non-hydrogen) atoms. The summed E-state index contributed by atoms with van der Waals surface area (Å²) in [4.78, 5) is 12.6. The maximum Gasteiger partial charge on any atom is 0.332 e. The molecule has 2 N–H and O–H groups in total. The number of aliphatic carboxylic acids is 1. The minimum Gasteiger partial charge on any atom is -0.478 e. The molecule has 4 heteroatoms. The second-order valence-corrected chi connectivity index (χ2v) is 3.29. The van der Waals surface area contributed by atoms with Crippen molar-refractivity contribution in [2.75, 3.05) is 32.7 Å².